The van der Waals surface area contributed by atoms with Gasteiger partial charge < -0.3 is 10.6 Å². The summed E-state index contributed by atoms with van der Waals surface area (Å²) in [6.45, 7) is 0. The number of amides is 1. The minimum atomic E-state index is -0.266. The van der Waals surface area contributed by atoms with Crippen molar-refractivity contribution in [2.45, 2.75) is 12.1 Å². The van der Waals surface area contributed by atoms with Crippen molar-refractivity contribution in [1.82, 2.24) is 10.6 Å². The molecule has 2 heterocycles. The molecule has 2 atom stereocenters. The molecule has 2 rings (SSSR count). The maximum absolute atomic E-state index is 11.1. The number of aliphatic imine (C=N–C) groups is 1. The SMILES string of the molecule is O=C1NC(Cl)=CC2N=CNC12. The summed E-state index contributed by atoms with van der Waals surface area (Å²) >= 11 is 5.61. The van der Waals surface area contributed by atoms with Crippen LogP contribution in [0.25, 0.3) is 0 Å². The van der Waals surface area contributed by atoms with Gasteiger partial charge >= 0.3 is 0 Å². The van der Waals surface area contributed by atoms with Gasteiger partial charge in [0, 0.05) is 0 Å². The number of nitrogens with one attached hydrogen (secondary N) is 2. The predicted molar refractivity (Wildman–Crippen MR) is 41.3 cm³/mol. The molecule has 0 aromatic heterocycles. The highest BCUT2D eigenvalue weighted by molar-refractivity contribution is 6.30. The highest BCUT2D eigenvalue weighted by Gasteiger charge is 2.32. The van der Waals surface area contributed by atoms with Crippen molar-refractivity contribution in [3.63, 3.8) is 0 Å². The molecule has 0 fully saturated rings. The van der Waals surface area contributed by atoms with Crippen LogP contribution in [0.4, 0.5) is 0 Å². The number of nitrogens with zero attached hydrogens (tertiary/aromatic N) is 1. The number of halogens is 1. The Hall–Kier alpha value is -1.03. The first kappa shape index (κ1) is 6.67. The molecule has 5 heteroatoms. The molecule has 2 N–H and O–H groups in total. The smallest absolute Gasteiger partial charge is 0.250 e. The number of hydrogen-bond donors (Lipinski definition) is 2. The van der Waals surface area contributed by atoms with E-state index in [2.05, 4.69) is 15.6 Å². The monoisotopic (exact) mass is 171 g/mol. The van der Waals surface area contributed by atoms with Crippen LogP contribution in [-0.2, 0) is 4.79 Å². The fourth-order valence-electron chi connectivity index (χ4n) is 1.15. The van der Waals surface area contributed by atoms with Crippen molar-refractivity contribution in [2.24, 2.45) is 4.99 Å². The third kappa shape index (κ3) is 0.991. The van der Waals surface area contributed by atoms with Gasteiger partial charge in [0.05, 0.1) is 6.34 Å². The summed E-state index contributed by atoms with van der Waals surface area (Å²) in [5, 5.41) is 5.68. The summed E-state index contributed by atoms with van der Waals surface area (Å²) in [5.74, 6) is -0.125. The number of hydrogen-bond acceptors (Lipinski definition) is 3. The average molecular weight is 172 g/mol. The maximum atomic E-state index is 11.1. The standard InChI is InChI=1S/C6H6ClN3O/c7-4-1-3-5(6(11)10-4)9-2-8-3/h1-3,5H,(H,8,9)(H,10,11). The van der Waals surface area contributed by atoms with Crippen molar-refractivity contribution < 1.29 is 4.79 Å². The van der Waals surface area contributed by atoms with Crippen molar-refractivity contribution in [2.75, 3.05) is 0 Å². The van der Waals surface area contributed by atoms with Crippen LogP contribution in [0.3, 0.4) is 0 Å². The molecular formula is C6H6ClN3O. The molecule has 0 aromatic rings. The molecular weight excluding hydrogens is 166 g/mol. The lowest BCUT2D eigenvalue weighted by Gasteiger charge is -2.20. The summed E-state index contributed by atoms with van der Waals surface area (Å²) in [5.41, 5.74) is 0. The molecule has 0 aromatic carbocycles. The Morgan fingerprint density at radius 1 is 1.64 bits per heavy atom. The quantitative estimate of drug-likeness (QED) is 0.486. The minimum Gasteiger partial charge on any atom is -0.363 e. The van der Waals surface area contributed by atoms with Gasteiger partial charge in [0.15, 0.2) is 0 Å². The van der Waals surface area contributed by atoms with Gasteiger partial charge in [0.25, 0.3) is 0 Å². The molecule has 2 aliphatic rings. The van der Waals surface area contributed by atoms with Crippen LogP contribution in [0.1, 0.15) is 0 Å². The van der Waals surface area contributed by atoms with Crippen LogP contribution in [0.5, 0.6) is 0 Å². The van der Waals surface area contributed by atoms with Crippen LogP contribution in [0, 0.1) is 0 Å². The van der Waals surface area contributed by atoms with Crippen molar-refractivity contribution in [3.8, 4) is 0 Å². The van der Waals surface area contributed by atoms with E-state index >= 15 is 0 Å². The number of fused-ring (bicyclic) bond motifs is 1. The van der Waals surface area contributed by atoms with Gasteiger partial charge in [0.2, 0.25) is 5.91 Å². The van der Waals surface area contributed by atoms with Crippen LogP contribution in [-0.4, -0.2) is 24.3 Å². The Morgan fingerprint density at radius 2 is 2.45 bits per heavy atom. The second kappa shape index (κ2) is 2.23. The highest BCUT2D eigenvalue weighted by Crippen LogP contribution is 2.14. The number of rotatable bonds is 0. The molecule has 11 heavy (non-hydrogen) atoms. The molecule has 4 nitrogen and oxygen atoms in total. The fourth-order valence-corrected chi connectivity index (χ4v) is 1.37. The van der Waals surface area contributed by atoms with Crippen molar-refractivity contribution in [1.29, 1.82) is 0 Å². The summed E-state index contributed by atoms with van der Waals surface area (Å²) in [4.78, 5) is 15.1. The Bertz CT molecular complexity index is 261. The lowest BCUT2D eigenvalue weighted by atomic mass is 10.1. The molecule has 0 aliphatic carbocycles. The lowest BCUT2D eigenvalue weighted by molar-refractivity contribution is -0.122. The Labute approximate surface area is 68.3 Å². The molecule has 0 bridgehead atoms. The van der Waals surface area contributed by atoms with E-state index in [0.717, 1.165) is 0 Å². The first-order valence-corrected chi connectivity index (χ1v) is 3.61. The zero-order chi connectivity index (χ0) is 7.84. The minimum absolute atomic E-state index is 0.125. The molecule has 0 saturated heterocycles. The van der Waals surface area contributed by atoms with Crippen LogP contribution < -0.4 is 10.6 Å². The number of carbonyl (C=O) groups is 1. The van der Waals surface area contributed by atoms with Gasteiger partial charge in [-0.15, -0.1) is 0 Å². The van der Waals surface area contributed by atoms with Crippen LogP contribution in [0.15, 0.2) is 16.2 Å². The van der Waals surface area contributed by atoms with Crippen LogP contribution >= 0.6 is 11.6 Å². The first-order valence-electron chi connectivity index (χ1n) is 3.23. The van der Waals surface area contributed by atoms with E-state index in [-0.39, 0.29) is 18.0 Å². The highest BCUT2D eigenvalue weighted by atomic mass is 35.5. The summed E-state index contributed by atoms with van der Waals surface area (Å²) in [7, 11) is 0. The van der Waals surface area contributed by atoms with E-state index in [9.17, 15) is 4.79 Å². The second-order valence-electron chi connectivity index (χ2n) is 2.42. The van der Waals surface area contributed by atoms with E-state index in [4.69, 9.17) is 11.6 Å². The van der Waals surface area contributed by atoms with E-state index < -0.39 is 0 Å². The van der Waals surface area contributed by atoms with Crippen LogP contribution in [0.2, 0.25) is 0 Å². The molecule has 0 radical (unpaired) electrons. The molecule has 0 saturated carbocycles. The number of carbonyl (C=O) groups excluding carboxylic acids is 1. The zero-order valence-electron chi connectivity index (χ0n) is 5.54. The van der Waals surface area contributed by atoms with Gasteiger partial charge in [-0.3, -0.25) is 9.79 Å². The van der Waals surface area contributed by atoms with Gasteiger partial charge in [-0.1, -0.05) is 11.6 Å². The van der Waals surface area contributed by atoms with E-state index in [0.29, 0.717) is 5.16 Å². The first-order chi connectivity index (χ1) is 5.27. The normalized spacial score (nSPS) is 33.9. The van der Waals surface area contributed by atoms with E-state index in [1.807, 2.05) is 0 Å². The van der Waals surface area contributed by atoms with Crippen molar-refractivity contribution >= 4 is 23.8 Å². The molecule has 1 amide bonds. The Balaban J connectivity index is 2.30. The van der Waals surface area contributed by atoms with Gasteiger partial charge in [-0.05, 0) is 6.08 Å². The topological polar surface area (TPSA) is 53.5 Å². The average Bonchev–Trinajstić information content (AvgIpc) is 2.34. The summed E-state index contributed by atoms with van der Waals surface area (Å²) in [6.07, 6.45) is 3.24. The lowest BCUT2D eigenvalue weighted by Crippen LogP contribution is -2.48. The fraction of sp³-hybridized carbons (Fsp3) is 0.333. The largest absolute Gasteiger partial charge is 0.363 e. The Kier molecular flexibility index (Phi) is 1.35. The molecule has 58 valence electrons. The molecule has 2 aliphatic heterocycles. The summed E-state index contributed by atoms with van der Waals surface area (Å²) in [6, 6.07) is -0.395. The second-order valence-corrected chi connectivity index (χ2v) is 2.82. The zero-order valence-corrected chi connectivity index (χ0v) is 6.30. The Morgan fingerprint density at radius 3 is 3.27 bits per heavy atom. The predicted octanol–water partition coefficient (Wildman–Crippen LogP) is -0.435. The van der Waals surface area contributed by atoms with Gasteiger partial charge in [-0.25, -0.2) is 0 Å². The third-order valence-corrected chi connectivity index (χ3v) is 1.90. The van der Waals surface area contributed by atoms with Gasteiger partial charge in [-0.2, -0.15) is 0 Å². The third-order valence-electron chi connectivity index (χ3n) is 1.68. The molecule has 0 spiro atoms. The van der Waals surface area contributed by atoms with E-state index in [1.54, 1.807) is 6.08 Å². The van der Waals surface area contributed by atoms with Crippen molar-refractivity contribution in [3.05, 3.63) is 11.2 Å². The van der Waals surface area contributed by atoms with Gasteiger partial charge in [0.1, 0.15) is 17.2 Å². The van der Waals surface area contributed by atoms with E-state index in [1.165, 1.54) is 6.34 Å². The molecule has 2 unspecified atom stereocenters. The summed E-state index contributed by atoms with van der Waals surface area (Å²) < 4.78 is 0. The maximum Gasteiger partial charge on any atom is 0.250 e.